The third kappa shape index (κ3) is 4.74. The molecule has 0 saturated carbocycles. The molecule has 0 aromatic heterocycles. The molecular weight excluding hydrogens is 264 g/mol. The smallest absolute Gasteiger partial charge is 0.244 e. The first-order valence-corrected chi connectivity index (χ1v) is 7.37. The van der Waals surface area contributed by atoms with E-state index in [2.05, 4.69) is 5.32 Å². The van der Waals surface area contributed by atoms with Gasteiger partial charge in [-0.3, -0.25) is 9.59 Å². The molecule has 112 valence electrons. The van der Waals surface area contributed by atoms with Crippen molar-refractivity contribution in [3.63, 3.8) is 0 Å². The Balaban J connectivity index is 1.82. The lowest BCUT2D eigenvalue weighted by atomic mass is 10.1. The van der Waals surface area contributed by atoms with E-state index in [1.807, 2.05) is 43.0 Å². The second-order valence-corrected chi connectivity index (χ2v) is 5.60. The Bertz CT molecular complexity index is 551. The van der Waals surface area contributed by atoms with Gasteiger partial charge in [0, 0.05) is 31.6 Å². The van der Waals surface area contributed by atoms with Crippen molar-refractivity contribution in [3.8, 4) is 0 Å². The normalized spacial score (nSPS) is 16.5. The molecule has 1 aromatic rings. The van der Waals surface area contributed by atoms with Gasteiger partial charge in [0.15, 0.2) is 0 Å². The number of nitrogens with one attached hydrogen (secondary N) is 1. The highest BCUT2D eigenvalue weighted by atomic mass is 16.2. The van der Waals surface area contributed by atoms with Crippen molar-refractivity contribution in [2.45, 2.75) is 32.7 Å². The van der Waals surface area contributed by atoms with E-state index in [9.17, 15) is 9.59 Å². The van der Waals surface area contributed by atoms with Gasteiger partial charge in [0.2, 0.25) is 11.8 Å². The molecule has 4 heteroatoms. The molecule has 1 unspecified atom stereocenters. The average molecular weight is 286 g/mol. The highest BCUT2D eigenvalue weighted by molar-refractivity contribution is 5.92. The van der Waals surface area contributed by atoms with Gasteiger partial charge in [-0.2, -0.15) is 0 Å². The monoisotopic (exact) mass is 286 g/mol. The summed E-state index contributed by atoms with van der Waals surface area (Å²) in [6.07, 6.45) is 4.90. The minimum Gasteiger partial charge on any atom is -0.348 e. The highest BCUT2D eigenvalue weighted by Crippen LogP contribution is 2.10. The molecule has 2 rings (SSSR count). The molecule has 1 aromatic carbocycles. The maximum absolute atomic E-state index is 11.9. The first-order valence-electron chi connectivity index (χ1n) is 7.37. The number of rotatable bonds is 5. The molecule has 21 heavy (non-hydrogen) atoms. The Morgan fingerprint density at radius 2 is 2.29 bits per heavy atom. The molecule has 4 nitrogen and oxygen atoms in total. The van der Waals surface area contributed by atoms with E-state index in [0.717, 1.165) is 18.5 Å². The van der Waals surface area contributed by atoms with Crippen LogP contribution in [0, 0.1) is 6.92 Å². The zero-order valence-corrected chi connectivity index (χ0v) is 12.6. The summed E-state index contributed by atoms with van der Waals surface area (Å²) < 4.78 is 0. The van der Waals surface area contributed by atoms with Crippen molar-refractivity contribution in [2.24, 2.45) is 0 Å². The third-order valence-electron chi connectivity index (χ3n) is 3.52. The summed E-state index contributed by atoms with van der Waals surface area (Å²) in [4.78, 5) is 25.2. The van der Waals surface area contributed by atoms with Crippen LogP contribution in [-0.2, 0) is 9.59 Å². The van der Waals surface area contributed by atoms with Crippen LogP contribution in [0.15, 0.2) is 30.3 Å². The number of carbonyl (C=O) groups is 2. The Labute approximate surface area is 125 Å². The minimum atomic E-state index is -0.129. The second kappa shape index (κ2) is 7.07. The molecule has 0 aliphatic carbocycles. The number of nitrogens with zero attached hydrogens (tertiary/aromatic N) is 1. The van der Waals surface area contributed by atoms with Crippen LogP contribution in [0.1, 0.15) is 30.9 Å². The van der Waals surface area contributed by atoms with E-state index in [4.69, 9.17) is 0 Å². The van der Waals surface area contributed by atoms with Gasteiger partial charge in [0.05, 0.1) is 0 Å². The van der Waals surface area contributed by atoms with Crippen LogP contribution in [0.4, 0.5) is 0 Å². The van der Waals surface area contributed by atoms with E-state index in [1.54, 1.807) is 6.08 Å². The van der Waals surface area contributed by atoms with Gasteiger partial charge in [-0.1, -0.05) is 29.8 Å². The molecular formula is C17H22N2O2. The van der Waals surface area contributed by atoms with Crippen LogP contribution in [-0.4, -0.2) is 35.8 Å². The molecule has 1 heterocycles. The fourth-order valence-corrected chi connectivity index (χ4v) is 2.51. The van der Waals surface area contributed by atoms with Crippen LogP contribution in [0.2, 0.25) is 0 Å². The maximum Gasteiger partial charge on any atom is 0.244 e. The molecule has 1 aliphatic heterocycles. The fraction of sp³-hybridized carbons (Fsp3) is 0.412. The molecule has 1 atom stereocenters. The van der Waals surface area contributed by atoms with Crippen molar-refractivity contribution in [2.75, 3.05) is 13.1 Å². The summed E-state index contributed by atoms with van der Waals surface area (Å²) in [5.74, 6) is 0.0575. The van der Waals surface area contributed by atoms with Gasteiger partial charge < -0.3 is 10.2 Å². The van der Waals surface area contributed by atoms with Gasteiger partial charge in [0.1, 0.15) is 0 Å². The van der Waals surface area contributed by atoms with Crippen LogP contribution in [0.3, 0.4) is 0 Å². The molecule has 0 bridgehead atoms. The van der Waals surface area contributed by atoms with E-state index in [0.29, 0.717) is 13.0 Å². The van der Waals surface area contributed by atoms with Gasteiger partial charge in [-0.05, 0) is 31.9 Å². The summed E-state index contributed by atoms with van der Waals surface area (Å²) in [5, 5.41) is 2.89. The van der Waals surface area contributed by atoms with Crippen molar-refractivity contribution < 1.29 is 9.59 Å². The number of carbonyl (C=O) groups excluding carboxylic acids is 2. The summed E-state index contributed by atoms with van der Waals surface area (Å²) in [7, 11) is 0. The van der Waals surface area contributed by atoms with E-state index in [-0.39, 0.29) is 17.9 Å². The predicted octanol–water partition coefficient (Wildman–Crippen LogP) is 2.14. The van der Waals surface area contributed by atoms with Crippen LogP contribution in [0.25, 0.3) is 6.08 Å². The summed E-state index contributed by atoms with van der Waals surface area (Å²) in [6.45, 7) is 5.33. The molecule has 0 spiro atoms. The van der Waals surface area contributed by atoms with E-state index >= 15 is 0 Å². The summed E-state index contributed by atoms with van der Waals surface area (Å²) in [6, 6.07) is 7.93. The average Bonchev–Trinajstić information content (AvgIpc) is 2.82. The van der Waals surface area contributed by atoms with E-state index in [1.165, 1.54) is 11.6 Å². The van der Waals surface area contributed by atoms with Crippen LogP contribution in [0.5, 0.6) is 0 Å². The maximum atomic E-state index is 11.9. The number of likely N-dealkylation sites (tertiary alicyclic amines) is 1. The Hall–Kier alpha value is -2.10. The zero-order valence-electron chi connectivity index (χ0n) is 12.6. The first-order chi connectivity index (χ1) is 10.0. The van der Waals surface area contributed by atoms with Crippen molar-refractivity contribution in [1.82, 2.24) is 10.2 Å². The minimum absolute atomic E-state index is 0.0401. The standard InChI is InChI=1S/C17H22N2O2/c1-13-5-3-6-15(11-13)8-9-16(20)18-14(2)12-19-10-4-7-17(19)21/h3,5-6,8-9,11,14H,4,7,10,12H2,1-2H3,(H,18,20)/b9-8+. The highest BCUT2D eigenvalue weighted by Gasteiger charge is 2.21. The lowest BCUT2D eigenvalue weighted by Gasteiger charge is -2.21. The van der Waals surface area contributed by atoms with Crippen molar-refractivity contribution in [1.29, 1.82) is 0 Å². The number of hydrogen-bond donors (Lipinski definition) is 1. The topological polar surface area (TPSA) is 49.4 Å². The number of amides is 2. The Morgan fingerprint density at radius 1 is 1.48 bits per heavy atom. The molecule has 1 fully saturated rings. The molecule has 1 N–H and O–H groups in total. The largest absolute Gasteiger partial charge is 0.348 e. The fourth-order valence-electron chi connectivity index (χ4n) is 2.51. The van der Waals surface area contributed by atoms with Crippen molar-refractivity contribution >= 4 is 17.9 Å². The quantitative estimate of drug-likeness (QED) is 0.843. The summed E-state index contributed by atoms with van der Waals surface area (Å²) in [5.41, 5.74) is 2.17. The lowest BCUT2D eigenvalue weighted by molar-refractivity contribution is -0.128. The van der Waals surface area contributed by atoms with Gasteiger partial charge in [0.25, 0.3) is 0 Å². The van der Waals surface area contributed by atoms with Gasteiger partial charge in [-0.15, -0.1) is 0 Å². The molecule has 1 aliphatic rings. The number of benzene rings is 1. The zero-order chi connectivity index (χ0) is 15.2. The molecule has 1 saturated heterocycles. The molecule has 0 radical (unpaired) electrons. The van der Waals surface area contributed by atoms with E-state index < -0.39 is 0 Å². The van der Waals surface area contributed by atoms with Gasteiger partial charge in [-0.25, -0.2) is 0 Å². The first kappa shape index (κ1) is 15.3. The molecule has 2 amide bonds. The van der Waals surface area contributed by atoms with Gasteiger partial charge >= 0.3 is 0 Å². The predicted molar refractivity (Wildman–Crippen MR) is 83.6 cm³/mol. The Kier molecular flexibility index (Phi) is 5.14. The third-order valence-corrected chi connectivity index (χ3v) is 3.52. The Morgan fingerprint density at radius 3 is 2.95 bits per heavy atom. The SMILES string of the molecule is Cc1cccc(/C=C/C(=O)NC(C)CN2CCCC2=O)c1. The summed E-state index contributed by atoms with van der Waals surface area (Å²) >= 11 is 0. The lowest BCUT2D eigenvalue weighted by Crippen LogP contribution is -2.41. The number of hydrogen-bond acceptors (Lipinski definition) is 2. The van der Waals surface area contributed by atoms with Crippen molar-refractivity contribution in [3.05, 3.63) is 41.5 Å². The second-order valence-electron chi connectivity index (χ2n) is 5.60. The number of aryl methyl sites for hydroxylation is 1. The van der Waals surface area contributed by atoms with Crippen LogP contribution >= 0.6 is 0 Å². The van der Waals surface area contributed by atoms with Crippen LogP contribution < -0.4 is 5.32 Å².